The predicted molar refractivity (Wildman–Crippen MR) is 229 cm³/mol. The first-order valence-corrected chi connectivity index (χ1v) is 21.1. The van der Waals surface area contributed by atoms with Crippen molar-refractivity contribution in [1.29, 1.82) is 0 Å². The highest BCUT2D eigenvalue weighted by atomic mass is 79.9. The Bertz CT molecular complexity index is 2300. The number of carboxylic acids is 2. The first kappa shape index (κ1) is 41.5. The van der Waals surface area contributed by atoms with E-state index in [-0.39, 0.29) is 7.43 Å². The number of carbonyl (C=O) groups is 2. The molecular weight excluding hydrogens is 911 g/mol. The summed E-state index contributed by atoms with van der Waals surface area (Å²) in [5.74, 6) is -0.715. The van der Waals surface area contributed by atoms with Gasteiger partial charge in [-0.3, -0.25) is 18.7 Å². The van der Waals surface area contributed by atoms with Gasteiger partial charge in [-0.2, -0.15) is 0 Å². The highest BCUT2D eigenvalue weighted by Gasteiger charge is 2.35. The van der Waals surface area contributed by atoms with Crippen molar-refractivity contribution in [2.75, 3.05) is 0 Å². The molecule has 0 unspecified atom stereocenters. The molecule has 0 atom stereocenters. The van der Waals surface area contributed by atoms with Crippen LogP contribution in [-0.4, -0.2) is 61.2 Å². The first-order valence-electron chi connectivity index (χ1n) is 17.1. The highest BCUT2D eigenvalue weighted by molar-refractivity contribution is 9.10. The van der Waals surface area contributed by atoms with Crippen molar-refractivity contribution in [2.45, 2.75) is 92.4 Å². The van der Waals surface area contributed by atoms with E-state index in [1.807, 2.05) is 48.5 Å². The molecule has 16 heteroatoms. The van der Waals surface area contributed by atoms with Crippen LogP contribution in [0, 0.1) is 0 Å². The molecule has 0 amide bonds. The second-order valence-electron chi connectivity index (χ2n) is 14.2. The summed E-state index contributed by atoms with van der Waals surface area (Å²) in [6.45, 7) is 6.57. The van der Waals surface area contributed by atoms with Crippen LogP contribution in [0.1, 0.15) is 83.8 Å². The third kappa shape index (κ3) is 8.31. The highest BCUT2D eigenvalue weighted by Crippen LogP contribution is 2.49. The first-order chi connectivity index (χ1) is 25.6. The summed E-state index contributed by atoms with van der Waals surface area (Å²) in [5, 5.41) is 42.0. The Morgan fingerprint density at radius 3 is 1.29 bits per heavy atom. The van der Waals surface area contributed by atoms with Gasteiger partial charge in [0.2, 0.25) is 9.47 Å². The number of aliphatic carboxylic acids is 2. The number of hydrogen-bond donors (Lipinski definition) is 2. The third-order valence-corrected chi connectivity index (χ3v) is 13.3. The number of hydrogen-bond acceptors (Lipinski definition) is 8. The van der Waals surface area contributed by atoms with Crippen LogP contribution in [0.5, 0.6) is 0 Å². The Morgan fingerprint density at radius 1 is 0.655 bits per heavy atom. The Balaban J connectivity index is 0.000000184. The summed E-state index contributed by atoms with van der Waals surface area (Å²) in [5.41, 5.74) is 4.06. The molecule has 2 N–H and O–H groups in total. The average Bonchev–Trinajstić information content (AvgIpc) is 4.06. The van der Waals surface area contributed by atoms with E-state index in [1.165, 1.54) is 36.8 Å². The quantitative estimate of drug-likeness (QED) is 0.128. The number of thioether (sulfide) groups is 2. The van der Waals surface area contributed by atoms with Gasteiger partial charge >= 0.3 is 11.9 Å². The number of aromatic nitrogens is 6. The number of carboxylic acid groups (broad SMARTS) is 2. The van der Waals surface area contributed by atoms with E-state index >= 15 is 0 Å². The average molecular weight is 950 g/mol. The second-order valence-corrected chi connectivity index (χ2v) is 19.7. The minimum Gasteiger partial charge on any atom is -0.480 e. The van der Waals surface area contributed by atoms with Crippen molar-refractivity contribution in [1.82, 2.24) is 29.5 Å². The topological polar surface area (TPSA) is 136 Å². The fraction of sp³-hybridized carbons (Fsp3) is 0.333. The maximum atomic E-state index is 11.6. The van der Waals surface area contributed by atoms with Gasteiger partial charge in [-0.15, -0.1) is 20.4 Å². The molecule has 2 fully saturated rings. The van der Waals surface area contributed by atoms with Gasteiger partial charge in [-0.25, -0.2) is 0 Å². The molecule has 0 radical (unpaired) electrons. The maximum absolute atomic E-state index is 11.6. The largest absolute Gasteiger partial charge is 0.480 e. The lowest BCUT2D eigenvalue weighted by Gasteiger charge is -2.20. The summed E-state index contributed by atoms with van der Waals surface area (Å²) < 4.78 is 2.43. The summed E-state index contributed by atoms with van der Waals surface area (Å²) in [4.78, 5) is 23.1. The Morgan fingerprint density at radius 2 is 0.982 bits per heavy atom. The van der Waals surface area contributed by atoms with E-state index in [0.717, 1.165) is 56.4 Å². The zero-order valence-electron chi connectivity index (χ0n) is 29.5. The molecule has 2 aromatic heterocycles. The number of nitrogens with zero attached hydrogens (tertiary/aromatic N) is 6. The lowest BCUT2D eigenvalue weighted by molar-refractivity contribution is -0.139. The smallest absolute Gasteiger partial charge is 0.319 e. The molecule has 10 nitrogen and oxygen atoms in total. The minimum atomic E-state index is -1.06. The molecule has 0 aliphatic heterocycles. The minimum absolute atomic E-state index is 0. The molecular formula is C39H38Br2Cl2N6O4S2. The van der Waals surface area contributed by atoms with E-state index in [0.29, 0.717) is 41.7 Å². The van der Waals surface area contributed by atoms with Crippen molar-refractivity contribution in [3.05, 3.63) is 91.3 Å². The summed E-state index contributed by atoms with van der Waals surface area (Å²) in [6, 6.07) is 20.3. The van der Waals surface area contributed by atoms with Gasteiger partial charge in [0, 0.05) is 10.8 Å². The molecule has 2 aliphatic rings. The second kappa shape index (κ2) is 16.0. The van der Waals surface area contributed by atoms with Crippen LogP contribution in [0.25, 0.3) is 32.9 Å². The summed E-state index contributed by atoms with van der Waals surface area (Å²) >= 11 is 22.6. The number of fused-ring (bicyclic) bond motifs is 2. The molecule has 288 valence electrons. The van der Waals surface area contributed by atoms with Gasteiger partial charge in [0.1, 0.15) is 9.49 Å². The van der Waals surface area contributed by atoms with Crippen molar-refractivity contribution in [3.8, 4) is 11.4 Å². The molecule has 4 aromatic carbocycles. The molecule has 6 aromatic rings. The van der Waals surface area contributed by atoms with Crippen molar-refractivity contribution >= 4 is 112 Å². The number of benzene rings is 4. The van der Waals surface area contributed by atoms with Crippen LogP contribution < -0.4 is 0 Å². The molecule has 0 bridgehead atoms. The van der Waals surface area contributed by atoms with E-state index in [4.69, 9.17) is 23.2 Å². The van der Waals surface area contributed by atoms with Crippen LogP contribution >= 0.6 is 78.6 Å². The van der Waals surface area contributed by atoms with Crippen molar-refractivity contribution < 1.29 is 19.8 Å². The van der Waals surface area contributed by atoms with E-state index in [2.05, 4.69) is 64.4 Å². The number of halogens is 4. The van der Waals surface area contributed by atoms with Gasteiger partial charge in [0.15, 0.2) is 10.3 Å². The summed E-state index contributed by atoms with van der Waals surface area (Å²) in [7, 11) is 0. The zero-order chi connectivity index (χ0) is 38.7. The van der Waals surface area contributed by atoms with E-state index < -0.39 is 21.4 Å². The Kier molecular flexibility index (Phi) is 12.1. The molecule has 2 saturated carbocycles. The Hall–Kier alpha value is -3.14. The van der Waals surface area contributed by atoms with Crippen LogP contribution in [0.4, 0.5) is 0 Å². The lowest BCUT2D eigenvalue weighted by atomic mass is 9.99. The van der Waals surface area contributed by atoms with Gasteiger partial charge in [-0.1, -0.05) is 103 Å². The fourth-order valence-corrected chi connectivity index (χ4v) is 9.66. The molecule has 2 heterocycles. The molecule has 0 spiro atoms. The molecule has 55 heavy (non-hydrogen) atoms. The monoisotopic (exact) mass is 946 g/mol. The van der Waals surface area contributed by atoms with Crippen LogP contribution in [0.2, 0.25) is 10.0 Å². The van der Waals surface area contributed by atoms with Gasteiger partial charge in [0.05, 0.1) is 21.4 Å². The maximum Gasteiger partial charge on any atom is 0.319 e. The van der Waals surface area contributed by atoms with Gasteiger partial charge in [0.25, 0.3) is 0 Å². The van der Waals surface area contributed by atoms with Gasteiger partial charge < -0.3 is 10.2 Å². The SMILES string of the molecule is C.CC(C)(Sc1nnc(Br)n1-c1c(Cl)cc(C2CC2)c2ccccc12)C(=O)O.CC(C)(Sc1nnc(Br)n1-c1c(Cl)cc(C2CC2)c2ccccc12)C(=O)O. The van der Waals surface area contributed by atoms with Crippen LogP contribution in [-0.2, 0) is 9.59 Å². The molecule has 0 saturated heterocycles. The fourth-order valence-electron chi connectivity index (χ4n) is 6.18. The van der Waals surface area contributed by atoms with Gasteiger partial charge in [-0.05, 0) is 131 Å². The normalized spacial score (nSPS) is 14.4. The standard InChI is InChI=1S/2C19H17BrClN3O2S.CH4/c2*1-19(2,16(25)26)27-18-23-22-17(20)24(18)15-12-6-4-3-5-11(12)13(9-14(15)21)10-7-8-10;/h2*3-6,9-10H,7-8H2,1-2H3,(H,25,26);1H4. The van der Waals surface area contributed by atoms with Crippen molar-refractivity contribution in [3.63, 3.8) is 0 Å². The van der Waals surface area contributed by atoms with E-state index in [9.17, 15) is 19.8 Å². The lowest BCUT2D eigenvalue weighted by Crippen LogP contribution is -2.27. The predicted octanol–water partition coefficient (Wildman–Crippen LogP) is 12.0. The Labute approximate surface area is 354 Å². The summed E-state index contributed by atoms with van der Waals surface area (Å²) in [6.07, 6.45) is 4.74. The van der Waals surface area contributed by atoms with Crippen molar-refractivity contribution in [2.24, 2.45) is 0 Å². The van der Waals surface area contributed by atoms with Crippen LogP contribution in [0.3, 0.4) is 0 Å². The third-order valence-electron chi connectivity index (χ3n) is 9.40. The molecule has 8 rings (SSSR count). The zero-order valence-corrected chi connectivity index (χ0v) is 35.8. The van der Waals surface area contributed by atoms with E-state index in [1.54, 1.807) is 36.8 Å². The number of rotatable bonds is 10. The van der Waals surface area contributed by atoms with Crippen LogP contribution in [0.15, 0.2) is 80.4 Å². The molecule has 2 aliphatic carbocycles.